The average Bonchev–Trinajstić information content (AvgIpc) is 2.83. The van der Waals surface area contributed by atoms with Gasteiger partial charge in [0.05, 0.1) is 12.5 Å². The molecule has 3 rings (SSSR count). The van der Waals surface area contributed by atoms with Crippen LogP contribution >= 0.6 is 0 Å². The molecule has 1 heterocycles. The number of rotatable bonds is 10. The highest BCUT2D eigenvalue weighted by Crippen LogP contribution is 2.40. The van der Waals surface area contributed by atoms with Crippen LogP contribution in [0.1, 0.15) is 45.2 Å². The fourth-order valence-corrected chi connectivity index (χ4v) is 4.84. The highest BCUT2D eigenvalue weighted by Gasteiger charge is 2.39. The van der Waals surface area contributed by atoms with E-state index in [-0.39, 0.29) is 29.7 Å². The van der Waals surface area contributed by atoms with E-state index in [1.165, 1.54) is 0 Å². The predicted octanol–water partition coefficient (Wildman–Crippen LogP) is 4.17. The quantitative estimate of drug-likeness (QED) is 0.499. The zero-order valence-corrected chi connectivity index (χ0v) is 21.5. The van der Waals surface area contributed by atoms with Crippen molar-refractivity contribution in [1.29, 1.82) is 0 Å². The van der Waals surface area contributed by atoms with Crippen molar-refractivity contribution in [3.63, 3.8) is 0 Å². The minimum atomic E-state index is -0.404. The highest BCUT2D eigenvalue weighted by atomic mass is 16.5. The van der Waals surface area contributed by atoms with E-state index in [0.29, 0.717) is 31.2 Å². The van der Waals surface area contributed by atoms with Gasteiger partial charge in [0.15, 0.2) is 0 Å². The summed E-state index contributed by atoms with van der Waals surface area (Å²) in [5.41, 5.74) is 2.22. The van der Waals surface area contributed by atoms with Crippen molar-refractivity contribution in [1.82, 2.24) is 10.2 Å². The van der Waals surface area contributed by atoms with Crippen LogP contribution in [0.3, 0.4) is 0 Å². The molecule has 1 fully saturated rings. The van der Waals surface area contributed by atoms with E-state index in [1.807, 2.05) is 56.3 Å². The lowest BCUT2D eigenvalue weighted by Crippen LogP contribution is -2.50. The number of carbonyl (C=O) groups is 2. The number of piperidine rings is 1. The second kappa shape index (κ2) is 12.2. The van der Waals surface area contributed by atoms with Gasteiger partial charge in [-0.1, -0.05) is 70.2 Å². The molecule has 1 amide bonds. The molecule has 6 nitrogen and oxygen atoms in total. The van der Waals surface area contributed by atoms with E-state index in [2.05, 4.69) is 30.1 Å². The van der Waals surface area contributed by atoms with E-state index in [9.17, 15) is 14.7 Å². The Kier molecular flexibility index (Phi) is 9.33. The number of hydrogen-bond acceptors (Lipinski definition) is 5. The second-order valence-electron chi connectivity index (χ2n) is 10.6. The molecule has 6 heteroatoms. The third-order valence-electron chi connectivity index (χ3n) is 7.23. The molecule has 2 aromatic carbocycles. The third-order valence-corrected chi connectivity index (χ3v) is 7.23. The average molecular weight is 481 g/mol. The number of benzene rings is 2. The van der Waals surface area contributed by atoms with Gasteiger partial charge in [0.25, 0.3) is 0 Å². The Labute approximate surface area is 209 Å². The summed E-state index contributed by atoms with van der Waals surface area (Å²) >= 11 is 0. The molecule has 190 valence electrons. The molecule has 3 unspecified atom stereocenters. The Morgan fingerprint density at radius 1 is 1.17 bits per heavy atom. The number of carbonyl (C=O) groups excluding carboxylic acids is 2. The molecule has 0 saturated carbocycles. The maximum Gasteiger partial charge on any atom is 0.325 e. The van der Waals surface area contributed by atoms with E-state index < -0.39 is 5.97 Å². The van der Waals surface area contributed by atoms with Crippen molar-refractivity contribution in [3.05, 3.63) is 65.7 Å². The Morgan fingerprint density at radius 3 is 2.57 bits per heavy atom. The maximum atomic E-state index is 13.2. The molecule has 2 aromatic rings. The molecule has 3 atom stereocenters. The first kappa shape index (κ1) is 26.7. The number of phenols is 1. The first-order valence-corrected chi connectivity index (χ1v) is 12.7. The van der Waals surface area contributed by atoms with E-state index >= 15 is 0 Å². The van der Waals surface area contributed by atoms with Gasteiger partial charge in [-0.2, -0.15) is 0 Å². The Balaban J connectivity index is 1.65. The summed E-state index contributed by atoms with van der Waals surface area (Å²) in [5.74, 6) is 0.109. The molecule has 0 bridgehead atoms. The minimum Gasteiger partial charge on any atom is -0.508 e. The Bertz CT molecular complexity index is 978. The van der Waals surface area contributed by atoms with Gasteiger partial charge in [-0.25, -0.2) is 0 Å². The van der Waals surface area contributed by atoms with Gasteiger partial charge in [-0.15, -0.1) is 0 Å². The van der Waals surface area contributed by atoms with Gasteiger partial charge in [-0.05, 0) is 59.9 Å². The minimum absolute atomic E-state index is 0.0351. The van der Waals surface area contributed by atoms with Gasteiger partial charge in [0.2, 0.25) is 5.91 Å². The molecule has 35 heavy (non-hydrogen) atoms. The highest BCUT2D eigenvalue weighted by molar-refractivity contribution is 5.83. The zero-order chi connectivity index (χ0) is 25.4. The van der Waals surface area contributed by atoms with Crippen LogP contribution in [0.4, 0.5) is 0 Å². The van der Waals surface area contributed by atoms with Crippen molar-refractivity contribution >= 4 is 11.9 Å². The van der Waals surface area contributed by atoms with E-state index in [1.54, 1.807) is 6.07 Å². The number of nitrogens with one attached hydrogen (secondary N) is 1. The first-order chi connectivity index (χ1) is 16.7. The lowest BCUT2D eigenvalue weighted by molar-refractivity contribution is -0.145. The van der Waals surface area contributed by atoms with Crippen molar-refractivity contribution in [3.8, 4) is 5.75 Å². The molecule has 2 N–H and O–H groups in total. The van der Waals surface area contributed by atoms with Crippen LogP contribution in [-0.2, 0) is 26.2 Å². The molecular formula is C29H40N2O4. The summed E-state index contributed by atoms with van der Waals surface area (Å²) in [6, 6.07) is 17.6. The van der Waals surface area contributed by atoms with Gasteiger partial charge in [0.1, 0.15) is 12.3 Å². The topological polar surface area (TPSA) is 78.9 Å². The number of hydrogen-bond donors (Lipinski definition) is 2. The fraction of sp³-hybridized carbons (Fsp3) is 0.517. The standard InChI is InChI=1S/C29H40N2O4/c1-21(2)20-35-27(33)17-30-28(34)24(15-23-9-6-5-7-10-23)19-31-14-13-29(4,22(3)18-31)25-11-8-12-26(32)16-25/h5-12,16,21-22,24,32H,13-15,17-20H2,1-4H3,(H,30,34). The van der Waals surface area contributed by atoms with Crippen molar-refractivity contribution in [2.75, 3.05) is 32.8 Å². The largest absolute Gasteiger partial charge is 0.508 e. The second-order valence-corrected chi connectivity index (χ2v) is 10.6. The van der Waals surface area contributed by atoms with Gasteiger partial charge in [0, 0.05) is 13.1 Å². The van der Waals surface area contributed by atoms with Gasteiger partial charge >= 0.3 is 5.97 Å². The number of likely N-dealkylation sites (tertiary alicyclic amines) is 1. The SMILES string of the molecule is CC(C)COC(=O)CNC(=O)C(Cc1ccccc1)CN1CCC(C)(c2cccc(O)c2)C(C)C1. The maximum absolute atomic E-state index is 13.2. The molecule has 0 aliphatic carbocycles. The molecule has 1 aliphatic rings. The number of ether oxygens (including phenoxy) is 1. The van der Waals surface area contributed by atoms with Gasteiger partial charge < -0.3 is 20.1 Å². The Hall–Kier alpha value is -2.86. The molecular weight excluding hydrogens is 440 g/mol. The summed E-state index contributed by atoms with van der Waals surface area (Å²) in [7, 11) is 0. The number of esters is 1. The lowest BCUT2D eigenvalue weighted by atomic mass is 9.68. The van der Waals surface area contributed by atoms with Crippen LogP contribution in [0, 0.1) is 17.8 Å². The summed E-state index contributed by atoms with van der Waals surface area (Å²) in [6.07, 6.45) is 1.56. The predicted molar refractivity (Wildman–Crippen MR) is 138 cm³/mol. The number of nitrogens with zero attached hydrogens (tertiary/aromatic N) is 1. The molecule has 0 aromatic heterocycles. The van der Waals surface area contributed by atoms with Crippen LogP contribution in [0.25, 0.3) is 0 Å². The Morgan fingerprint density at radius 2 is 1.91 bits per heavy atom. The number of amides is 1. The summed E-state index contributed by atoms with van der Waals surface area (Å²) < 4.78 is 5.21. The van der Waals surface area contributed by atoms with E-state index in [0.717, 1.165) is 30.6 Å². The smallest absolute Gasteiger partial charge is 0.325 e. The van der Waals surface area contributed by atoms with Crippen molar-refractivity contribution in [2.24, 2.45) is 17.8 Å². The monoisotopic (exact) mass is 480 g/mol. The molecule has 1 aliphatic heterocycles. The third kappa shape index (κ3) is 7.56. The zero-order valence-electron chi connectivity index (χ0n) is 21.5. The van der Waals surface area contributed by atoms with Crippen molar-refractivity contribution in [2.45, 2.75) is 46.0 Å². The molecule has 0 spiro atoms. The normalized spacial score (nSPS) is 21.5. The van der Waals surface area contributed by atoms with Crippen LogP contribution in [0.2, 0.25) is 0 Å². The van der Waals surface area contributed by atoms with Crippen LogP contribution in [0.15, 0.2) is 54.6 Å². The lowest BCUT2D eigenvalue weighted by Gasteiger charge is -2.45. The van der Waals surface area contributed by atoms with Crippen molar-refractivity contribution < 1.29 is 19.4 Å². The summed E-state index contributed by atoms with van der Waals surface area (Å²) in [5, 5.41) is 12.8. The summed E-state index contributed by atoms with van der Waals surface area (Å²) in [4.78, 5) is 27.5. The number of phenolic OH excluding ortho intramolecular Hbond substituents is 1. The van der Waals surface area contributed by atoms with E-state index in [4.69, 9.17) is 4.74 Å². The first-order valence-electron chi connectivity index (χ1n) is 12.7. The van der Waals surface area contributed by atoms with Crippen LogP contribution < -0.4 is 5.32 Å². The van der Waals surface area contributed by atoms with Crippen LogP contribution in [-0.4, -0.2) is 54.7 Å². The molecule has 0 radical (unpaired) electrons. The van der Waals surface area contributed by atoms with Crippen LogP contribution in [0.5, 0.6) is 5.75 Å². The van der Waals surface area contributed by atoms with Gasteiger partial charge in [-0.3, -0.25) is 9.59 Å². The number of aromatic hydroxyl groups is 1. The summed E-state index contributed by atoms with van der Waals surface area (Å²) in [6.45, 7) is 11.1. The molecule has 1 saturated heterocycles. The fourth-order valence-electron chi connectivity index (χ4n) is 4.84.